The minimum absolute atomic E-state index is 0.0255. The van der Waals surface area contributed by atoms with Gasteiger partial charge in [0.15, 0.2) is 0 Å². The van der Waals surface area contributed by atoms with Gasteiger partial charge in [0.05, 0.1) is 12.2 Å². The fourth-order valence-electron chi connectivity index (χ4n) is 1.83. The summed E-state index contributed by atoms with van der Waals surface area (Å²) in [7, 11) is 0. The van der Waals surface area contributed by atoms with Crippen molar-refractivity contribution in [2.75, 3.05) is 18.0 Å². The Hall–Kier alpha value is -1.71. The SMILES string of the molecule is CCNC(=O)N1CC(C)Oc2ccccc21. The molecule has 4 heteroatoms. The van der Waals surface area contributed by atoms with E-state index in [4.69, 9.17) is 4.74 Å². The lowest BCUT2D eigenvalue weighted by atomic mass is 10.2. The van der Waals surface area contributed by atoms with E-state index in [-0.39, 0.29) is 12.1 Å². The number of hydrogen-bond acceptors (Lipinski definition) is 2. The highest BCUT2D eigenvalue weighted by Crippen LogP contribution is 2.32. The fourth-order valence-corrected chi connectivity index (χ4v) is 1.83. The molecule has 16 heavy (non-hydrogen) atoms. The van der Waals surface area contributed by atoms with Gasteiger partial charge in [-0.2, -0.15) is 0 Å². The average molecular weight is 220 g/mol. The van der Waals surface area contributed by atoms with Crippen LogP contribution in [-0.2, 0) is 0 Å². The van der Waals surface area contributed by atoms with Gasteiger partial charge in [-0.1, -0.05) is 12.1 Å². The van der Waals surface area contributed by atoms with Crippen molar-refractivity contribution in [2.45, 2.75) is 20.0 Å². The van der Waals surface area contributed by atoms with E-state index in [0.29, 0.717) is 13.1 Å². The number of nitrogens with one attached hydrogen (secondary N) is 1. The number of rotatable bonds is 1. The van der Waals surface area contributed by atoms with Crippen molar-refractivity contribution in [1.82, 2.24) is 5.32 Å². The third kappa shape index (κ3) is 1.96. The van der Waals surface area contributed by atoms with Crippen LogP contribution in [0.4, 0.5) is 10.5 Å². The number of para-hydroxylation sites is 2. The lowest BCUT2D eigenvalue weighted by Crippen LogP contribution is -2.47. The van der Waals surface area contributed by atoms with Crippen LogP contribution in [0.3, 0.4) is 0 Å². The molecule has 0 saturated carbocycles. The lowest BCUT2D eigenvalue weighted by Gasteiger charge is -2.33. The fraction of sp³-hybridized carbons (Fsp3) is 0.417. The molecule has 2 rings (SSSR count). The van der Waals surface area contributed by atoms with Crippen molar-refractivity contribution in [2.24, 2.45) is 0 Å². The van der Waals surface area contributed by atoms with Crippen molar-refractivity contribution in [3.8, 4) is 5.75 Å². The van der Waals surface area contributed by atoms with Crippen LogP contribution in [0.15, 0.2) is 24.3 Å². The monoisotopic (exact) mass is 220 g/mol. The standard InChI is InChI=1S/C12H16N2O2/c1-3-13-12(15)14-8-9(2)16-11-7-5-4-6-10(11)14/h4-7,9H,3,8H2,1-2H3,(H,13,15). The normalized spacial score (nSPS) is 18.6. The molecule has 0 fully saturated rings. The van der Waals surface area contributed by atoms with Crippen LogP contribution >= 0.6 is 0 Å². The predicted octanol–water partition coefficient (Wildman–Crippen LogP) is 2.00. The third-order valence-electron chi connectivity index (χ3n) is 2.50. The van der Waals surface area contributed by atoms with Gasteiger partial charge in [0.25, 0.3) is 0 Å². The van der Waals surface area contributed by atoms with E-state index >= 15 is 0 Å². The summed E-state index contributed by atoms with van der Waals surface area (Å²) < 4.78 is 5.67. The Morgan fingerprint density at radius 1 is 1.56 bits per heavy atom. The predicted molar refractivity (Wildman–Crippen MR) is 63.0 cm³/mol. The third-order valence-corrected chi connectivity index (χ3v) is 2.50. The first-order chi connectivity index (χ1) is 7.72. The van der Waals surface area contributed by atoms with Crippen LogP contribution in [0.1, 0.15) is 13.8 Å². The molecule has 1 aromatic carbocycles. The van der Waals surface area contributed by atoms with Crippen LogP contribution < -0.4 is 15.0 Å². The van der Waals surface area contributed by atoms with E-state index in [1.54, 1.807) is 4.90 Å². The van der Waals surface area contributed by atoms with Gasteiger partial charge < -0.3 is 10.1 Å². The maximum absolute atomic E-state index is 11.9. The summed E-state index contributed by atoms with van der Waals surface area (Å²) >= 11 is 0. The molecule has 0 aliphatic carbocycles. The van der Waals surface area contributed by atoms with E-state index in [2.05, 4.69) is 5.32 Å². The Labute approximate surface area is 95.2 Å². The number of anilines is 1. The maximum atomic E-state index is 11.9. The maximum Gasteiger partial charge on any atom is 0.322 e. The molecule has 0 spiro atoms. The quantitative estimate of drug-likeness (QED) is 0.786. The van der Waals surface area contributed by atoms with E-state index in [1.165, 1.54) is 0 Å². The highest BCUT2D eigenvalue weighted by Gasteiger charge is 2.26. The van der Waals surface area contributed by atoms with Gasteiger partial charge in [0.2, 0.25) is 0 Å². The second kappa shape index (κ2) is 4.43. The largest absolute Gasteiger partial charge is 0.487 e. The van der Waals surface area contributed by atoms with Crippen LogP contribution in [0, 0.1) is 0 Å². The van der Waals surface area contributed by atoms with Crippen molar-refractivity contribution in [3.63, 3.8) is 0 Å². The summed E-state index contributed by atoms with van der Waals surface area (Å²) in [6, 6.07) is 7.54. The Morgan fingerprint density at radius 3 is 3.06 bits per heavy atom. The Kier molecular flexibility index (Phi) is 2.99. The molecule has 0 saturated heterocycles. The number of urea groups is 1. The number of carbonyl (C=O) groups is 1. The number of amides is 2. The molecule has 2 amide bonds. The van der Waals surface area contributed by atoms with Crippen LogP contribution in [-0.4, -0.2) is 25.2 Å². The van der Waals surface area contributed by atoms with Gasteiger partial charge in [-0.25, -0.2) is 4.79 Å². The van der Waals surface area contributed by atoms with E-state index in [9.17, 15) is 4.79 Å². The molecular formula is C12H16N2O2. The Balaban J connectivity index is 2.30. The van der Waals surface area contributed by atoms with Gasteiger partial charge in [-0.05, 0) is 26.0 Å². The summed E-state index contributed by atoms with van der Waals surface area (Å²) in [6.07, 6.45) is 0.0255. The topological polar surface area (TPSA) is 41.6 Å². The Morgan fingerprint density at radius 2 is 2.31 bits per heavy atom. The molecular weight excluding hydrogens is 204 g/mol. The summed E-state index contributed by atoms with van der Waals surface area (Å²) in [5.74, 6) is 0.771. The second-order valence-electron chi connectivity index (χ2n) is 3.84. The van der Waals surface area contributed by atoms with Crippen molar-refractivity contribution < 1.29 is 9.53 Å². The summed E-state index contributed by atoms with van der Waals surface area (Å²) in [5.41, 5.74) is 0.839. The molecule has 0 radical (unpaired) electrons. The molecule has 86 valence electrons. The van der Waals surface area contributed by atoms with Crippen LogP contribution in [0.25, 0.3) is 0 Å². The van der Waals surface area contributed by atoms with Crippen molar-refractivity contribution in [3.05, 3.63) is 24.3 Å². The molecule has 1 atom stereocenters. The van der Waals surface area contributed by atoms with Gasteiger partial charge in [0.1, 0.15) is 11.9 Å². The summed E-state index contributed by atoms with van der Waals surface area (Å²) in [5, 5.41) is 2.81. The zero-order valence-electron chi connectivity index (χ0n) is 9.56. The van der Waals surface area contributed by atoms with Crippen molar-refractivity contribution in [1.29, 1.82) is 0 Å². The first kappa shape index (κ1) is 10.8. The first-order valence-electron chi connectivity index (χ1n) is 5.53. The molecule has 1 aliphatic heterocycles. The van der Waals surface area contributed by atoms with Crippen molar-refractivity contribution >= 4 is 11.7 Å². The molecule has 1 aromatic rings. The van der Waals surface area contributed by atoms with Gasteiger partial charge in [0, 0.05) is 6.54 Å². The number of benzene rings is 1. The number of hydrogen-bond donors (Lipinski definition) is 1. The number of ether oxygens (including phenoxy) is 1. The van der Waals surface area contributed by atoms with E-state index in [1.807, 2.05) is 38.1 Å². The minimum atomic E-state index is -0.0647. The summed E-state index contributed by atoms with van der Waals surface area (Å²) in [4.78, 5) is 13.6. The molecule has 1 N–H and O–H groups in total. The smallest absolute Gasteiger partial charge is 0.322 e. The highest BCUT2D eigenvalue weighted by atomic mass is 16.5. The molecule has 1 unspecified atom stereocenters. The molecule has 0 aromatic heterocycles. The minimum Gasteiger partial charge on any atom is -0.487 e. The van der Waals surface area contributed by atoms with E-state index in [0.717, 1.165) is 11.4 Å². The number of fused-ring (bicyclic) bond motifs is 1. The van der Waals surface area contributed by atoms with Crippen LogP contribution in [0.5, 0.6) is 5.75 Å². The average Bonchev–Trinajstić information content (AvgIpc) is 2.28. The van der Waals surface area contributed by atoms with Crippen LogP contribution in [0.2, 0.25) is 0 Å². The second-order valence-corrected chi connectivity index (χ2v) is 3.84. The van der Waals surface area contributed by atoms with Gasteiger partial charge in [-0.15, -0.1) is 0 Å². The lowest BCUT2D eigenvalue weighted by molar-refractivity contribution is 0.205. The van der Waals surface area contributed by atoms with Gasteiger partial charge >= 0.3 is 6.03 Å². The van der Waals surface area contributed by atoms with Gasteiger partial charge in [-0.3, -0.25) is 4.90 Å². The molecule has 1 aliphatic rings. The Bertz CT molecular complexity index is 392. The molecule has 1 heterocycles. The first-order valence-corrected chi connectivity index (χ1v) is 5.53. The number of carbonyl (C=O) groups excluding carboxylic acids is 1. The van der Waals surface area contributed by atoms with E-state index < -0.39 is 0 Å². The zero-order chi connectivity index (χ0) is 11.5. The highest BCUT2D eigenvalue weighted by molar-refractivity contribution is 5.94. The molecule has 4 nitrogen and oxygen atoms in total. The zero-order valence-corrected chi connectivity index (χ0v) is 9.56. The number of nitrogens with zero attached hydrogens (tertiary/aromatic N) is 1. The molecule has 0 bridgehead atoms. The summed E-state index contributed by atoms with van der Waals surface area (Å²) in [6.45, 7) is 5.09.